The Bertz CT molecular complexity index is 447. The maximum atomic E-state index is 12.0. The Labute approximate surface area is 110 Å². The first kappa shape index (κ1) is 14.4. The molecule has 0 bridgehead atoms. The van der Waals surface area contributed by atoms with E-state index in [1.54, 1.807) is 11.4 Å². The number of hydrogen-bond acceptors (Lipinski definition) is 3. The van der Waals surface area contributed by atoms with Gasteiger partial charge >= 0.3 is 5.97 Å². The van der Waals surface area contributed by atoms with Crippen molar-refractivity contribution in [3.05, 3.63) is 28.0 Å². The van der Waals surface area contributed by atoms with Crippen molar-refractivity contribution in [2.75, 3.05) is 0 Å². The number of thiophene rings is 1. The van der Waals surface area contributed by atoms with E-state index >= 15 is 0 Å². The molecular formula is C13H17NO3S. The number of nitrogens with one attached hydrogen (secondary N) is 1. The average Bonchev–Trinajstić information content (AvgIpc) is 2.81. The summed E-state index contributed by atoms with van der Waals surface area (Å²) >= 11 is 1.32. The Hall–Kier alpha value is -1.62. The molecule has 0 aliphatic rings. The summed E-state index contributed by atoms with van der Waals surface area (Å²) in [5.41, 5.74) is 0.644. The Kier molecular flexibility index (Phi) is 5.58. The summed E-state index contributed by atoms with van der Waals surface area (Å²) in [4.78, 5) is 23.0. The fraction of sp³-hybridized carbons (Fsp3) is 0.385. The molecule has 1 aromatic heterocycles. The van der Waals surface area contributed by atoms with E-state index in [9.17, 15) is 9.59 Å². The minimum Gasteiger partial charge on any atom is -0.478 e. The van der Waals surface area contributed by atoms with Gasteiger partial charge in [-0.15, -0.1) is 11.3 Å². The lowest BCUT2D eigenvalue weighted by Crippen LogP contribution is -2.33. The molecule has 0 radical (unpaired) electrons. The molecule has 0 aliphatic heterocycles. The molecule has 1 amide bonds. The van der Waals surface area contributed by atoms with Gasteiger partial charge in [0.25, 0.3) is 5.91 Å². The molecular weight excluding hydrogens is 250 g/mol. The van der Waals surface area contributed by atoms with Crippen LogP contribution in [0.2, 0.25) is 0 Å². The summed E-state index contributed by atoms with van der Waals surface area (Å²) < 4.78 is 0. The lowest BCUT2D eigenvalue weighted by atomic mass is 10.1. The van der Waals surface area contributed by atoms with Gasteiger partial charge in [-0.25, -0.2) is 4.79 Å². The van der Waals surface area contributed by atoms with E-state index in [0.29, 0.717) is 10.4 Å². The first-order valence-electron chi connectivity index (χ1n) is 5.87. The normalized spacial score (nSPS) is 11.1. The van der Waals surface area contributed by atoms with Crippen LogP contribution in [0.25, 0.3) is 6.08 Å². The molecule has 0 saturated carbocycles. The molecule has 1 rings (SSSR count). The maximum absolute atomic E-state index is 12.0. The summed E-state index contributed by atoms with van der Waals surface area (Å²) in [6, 6.07) is 1.90. The minimum absolute atomic E-state index is 0.135. The maximum Gasteiger partial charge on any atom is 0.328 e. The van der Waals surface area contributed by atoms with Gasteiger partial charge in [0, 0.05) is 12.1 Å². The zero-order valence-corrected chi connectivity index (χ0v) is 11.3. The zero-order chi connectivity index (χ0) is 13.5. The van der Waals surface area contributed by atoms with E-state index in [0.717, 1.165) is 18.9 Å². The fourth-order valence-electron chi connectivity index (χ4n) is 1.54. The number of aliphatic carboxylic acids is 1. The number of carbonyl (C=O) groups excluding carboxylic acids is 1. The Morgan fingerprint density at radius 1 is 1.44 bits per heavy atom. The third kappa shape index (κ3) is 4.00. The SMILES string of the molecule is CCC(CC)NC(=O)c1sccc1C=CC(=O)O. The summed E-state index contributed by atoms with van der Waals surface area (Å²) in [5, 5.41) is 13.3. The molecule has 1 aromatic rings. The van der Waals surface area contributed by atoms with Crippen LogP contribution in [0.4, 0.5) is 0 Å². The molecule has 1 heterocycles. The number of carbonyl (C=O) groups is 2. The molecule has 0 unspecified atom stereocenters. The molecule has 98 valence electrons. The van der Waals surface area contributed by atoms with Gasteiger partial charge in [0.05, 0.1) is 4.88 Å². The van der Waals surface area contributed by atoms with Gasteiger partial charge in [-0.05, 0) is 35.9 Å². The highest BCUT2D eigenvalue weighted by Crippen LogP contribution is 2.18. The number of hydrogen-bond donors (Lipinski definition) is 2. The second-order valence-corrected chi connectivity index (χ2v) is 4.78. The van der Waals surface area contributed by atoms with E-state index in [2.05, 4.69) is 5.32 Å². The van der Waals surface area contributed by atoms with Crippen molar-refractivity contribution in [3.8, 4) is 0 Å². The smallest absolute Gasteiger partial charge is 0.328 e. The highest BCUT2D eigenvalue weighted by molar-refractivity contribution is 7.12. The van der Waals surface area contributed by atoms with Crippen molar-refractivity contribution in [1.29, 1.82) is 0 Å². The summed E-state index contributed by atoms with van der Waals surface area (Å²) in [6.07, 6.45) is 4.25. The van der Waals surface area contributed by atoms with Crippen LogP contribution in [0.15, 0.2) is 17.5 Å². The van der Waals surface area contributed by atoms with Crippen molar-refractivity contribution >= 4 is 29.3 Å². The monoisotopic (exact) mass is 267 g/mol. The van der Waals surface area contributed by atoms with Crippen LogP contribution in [0.1, 0.15) is 41.9 Å². The molecule has 0 saturated heterocycles. The predicted octanol–water partition coefficient (Wildman–Crippen LogP) is 2.76. The Morgan fingerprint density at radius 3 is 2.67 bits per heavy atom. The van der Waals surface area contributed by atoms with Crippen molar-refractivity contribution in [3.63, 3.8) is 0 Å². The third-order valence-electron chi connectivity index (χ3n) is 2.63. The topological polar surface area (TPSA) is 66.4 Å². The van der Waals surface area contributed by atoms with Gasteiger partial charge < -0.3 is 10.4 Å². The zero-order valence-electron chi connectivity index (χ0n) is 10.5. The average molecular weight is 267 g/mol. The first-order valence-corrected chi connectivity index (χ1v) is 6.75. The van der Waals surface area contributed by atoms with E-state index in [-0.39, 0.29) is 11.9 Å². The van der Waals surface area contributed by atoms with Gasteiger partial charge in [0.1, 0.15) is 0 Å². The van der Waals surface area contributed by atoms with E-state index in [4.69, 9.17) is 5.11 Å². The second kappa shape index (κ2) is 6.96. The molecule has 0 aliphatic carbocycles. The molecule has 5 heteroatoms. The van der Waals surface area contributed by atoms with Gasteiger partial charge in [0.2, 0.25) is 0 Å². The number of carboxylic acid groups (broad SMARTS) is 1. The molecule has 0 spiro atoms. The Balaban J connectivity index is 2.80. The van der Waals surface area contributed by atoms with Gasteiger partial charge in [0.15, 0.2) is 0 Å². The van der Waals surface area contributed by atoms with Gasteiger partial charge in [-0.1, -0.05) is 13.8 Å². The van der Waals surface area contributed by atoms with Gasteiger partial charge in [-0.3, -0.25) is 4.79 Å². The van der Waals surface area contributed by atoms with Crippen molar-refractivity contribution < 1.29 is 14.7 Å². The third-order valence-corrected chi connectivity index (χ3v) is 3.56. The van der Waals surface area contributed by atoms with Crippen LogP contribution in [-0.2, 0) is 4.79 Å². The van der Waals surface area contributed by atoms with Crippen molar-refractivity contribution in [2.45, 2.75) is 32.7 Å². The molecule has 0 atom stereocenters. The lowest BCUT2D eigenvalue weighted by Gasteiger charge is -2.14. The number of rotatable bonds is 6. The Morgan fingerprint density at radius 2 is 2.11 bits per heavy atom. The van der Waals surface area contributed by atoms with Crippen LogP contribution < -0.4 is 5.32 Å². The standard InChI is InChI=1S/C13H17NO3S/c1-3-10(4-2)14-13(17)12-9(7-8-18-12)5-6-11(15)16/h5-8,10H,3-4H2,1-2H3,(H,14,17)(H,15,16). The quantitative estimate of drug-likeness (QED) is 0.779. The number of carboxylic acids is 1. The summed E-state index contributed by atoms with van der Waals surface area (Å²) in [6.45, 7) is 4.04. The second-order valence-electron chi connectivity index (χ2n) is 3.86. The van der Waals surface area contributed by atoms with E-state index < -0.39 is 5.97 Å². The molecule has 4 nitrogen and oxygen atoms in total. The number of amides is 1. The van der Waals surface area contributed by atoms with Crippen LogP contribution in [0.5, 0.6) is 0 Å². The highest BCUT2D eigenvalue weighted by atomic mass is 32.1. The van der Waals surface area contributed by atoms with Crippen LogP contribution in [0.3, 0.4) is 0 Å². The molecule has 0 fully saturated rings. The van der Waals surface area contributed by atoms with Gasteiger partial charge in [-0.2, -0.15) is 0 Å². The van der Waals surface area contributed by atoms with Crippen LogP contribution >= 0.6 is 11.3 Å². The van der Waals surface area contributed by atoms with Crippen LogP contribution in [-0.4, -0.2) is 23.0 Å². The fourth-order valence-corrected chi connectivity index (χ4v) is 2.33. The largest absolute Gasteiger partial charge is 0.478 e. The van der Waals surface area contributed by atoms with Crippen molar-refractivity contribution in [1.82, 2.24) is 5.32 Å². The molecule has 2 N–H and O–H groups in total. The molecule has 0 aromatic carbocycles. The summed E-state index contributed by atoms with van der Waals surface area (Å²) in [7, 11) is 0. The summed E-state index contributed by atoms with van der Waals surface area (Å²) in [5.74, 6) is -1.16. The van der Waals surface area contributed by atoms with Crippen molar-refractivity contribution in [2.24, 2.45) is 0 Å². The lowest BCUT2D eigenvalue weighted by molar-refractivity contribution is -0.131. The molecule has 18 heavy (non-hydrogen) atoms. The van der Waals surface area contributed by atoms with Crippen LogP contribution in [0, 0.1) is 0 Å². The minimum atomic E-state index is -1.02. The van der Waals surface area contributed by atoms with E-state index in [1.165, 1.54) is 17.4 Å². The first-order chi connectivity index (χ1) is 8.58. The highest BCUT2D eigenvalue weighted by Gasteiger charge is 2.14. The predicted molar refractivity (Wildman–Crippen MR) is 72.8 cm³/mol. The van der Waals surface area contributed by atoms with E-state index in [1.807, 2.05) is 13.8 Å².